The van der Waals surface area contributed by atoms with Crippen molar-refractivity contribution in [3.63, 3.8) is 0 Å². The van der Waals surface area contributed by atoms with E-state index in [9.17, 15) is 4.39 Å². The van der Waals surface area contributed by atoms with Crippen molar-refractivity contribution in [1.29, 1.82) is 0 Å². The quantitative estimate of drug-likeness (QED) is 0.714. The van der Waals surface area contributed by atoms with Gasteiger partial charge >= 0.3 is 0 Å². The van der Waals surface area contributed by atoms with E-state index < -0.39 is 5.82 Å². The van der Waals surface area contributed by atoms with Gasteiger partial charge in [0.2, 0.25) is 0 Å². The smallest absolute Gasteiger partial charge is 0.165 e. The second-order valence-corrected chi connectivity index (χ2v) is 4.49. The zero-order chi connectivity index (χ0) is 13.9. The van der Waals surface area contributed by atoms with E-state index in [1.165, 1.54) is 6.07 Å². The number of benzene rings is 2. The summed E-state index contributed by atoms with van der Waals surface area (Å²) in [5, 5.41) is 4.22. The molecule has 0 radical (unpaired) electrons. The van der Waals surface area contributed by atoms with Crippen LogP contribution in [0.4, 0.5) is 4.39 Å². The Labute approximate surface area is 116 Å². The standard InChI is InChI=1S/C16H13FN2O/c1-12-5-4-6-13(9-12)19-11-14(10-18-19)20-16-8-3-2-7-15(16)17/h2-11H,1H3. The summed E-state index contributed by atoms with van der Waals surface area (Å²) in [6.45, 7) is 2.02. The maximum absolute atomic E-state index is 13.5. The van der Waals surface area contributed by atoms with Crippen LogP contribution in [0.5, 0.6) is 11.5 Å². The van der Waals surface area contributed by atoms with Gasteiger partial charge in [-0.2, -0.15) is 5.10 Å². The van der Waals surface area contributed by atoms with Crippen molar-refractivity contribution >= 4 is 0 Å². The molecule has 3 nitrogen and oxygen atoms in total. The molecule has 0 spiro atoms. The van der Waals surface area contributed by atoms with Gasteiger partial charge in [-0.25, -0.2) is 9.07 Å². The molecular formula is C16H13FN2O. The van der Waals surface area contributed by atoms with Crippen LogP contribution in [0, 0.1) is 12.7 Å². The number of ether oxygens (including phenoxy) is 1. The number of hydrogen-bond donors (Lipinski definition) is 0. The first kappa shape index (κ1) is 12.4. The molecule has 0 atom stereocenters. The first-order valence-electron chi connectivity index (χ1n) is 6.26. The number of aryl methyl sites for hydroxylation is 1. The minimum atomic E-state index is -0.393. The van der Waals surface area contributed by atoms with Crippen LogP contribution < -0.4 is 4.74 Å². The van der Waals surface area contributed by atoms with Gasteiger partial charge in [-0.05, 0) is 36.8 Å². The van der Waals surface area contributed by atoms with Gasteiger partial charge in [0.1, 0.15) is 0 Å². The Morgan fingerprint density at radius 1 is 1.10 bits per heavy atom. The van der Waals surface area contributed by atoms with Crippen LogP contribution in [0.15, 0.2) is 60.9 Å². The van der Waals surface area contributed by atoms with Crippen molar-refractivity contribution < 1.29 is 9.13 Å². The monoisotopic (exact) mass is 268 g/mol. The van der Waals surface area contributed by atoms with Crippen LogP contribution in [-0.4, -0.2) is 9.78 Å². The average molecular weight is 268 g/mol. The molecule has 0 aliphatic carbocycles. The van der Waals surface area contributed by atoms with Crippen LogP contribution in [-0.2, 0) is 0 Å². The second kappa shape index (κ2) is 5.17. The lowest BCUT2D eigenvalue weighted by Crippen LogP contribution is -1.93. The van der Waals surface area contributed by atoms with Crippen molar-refractivity contribution in [3.8, 4) is 17.2 Å². The van der Waals surface area contributed by atoms with E-state index in [0.29, 0.717) is 5.75 Å². The molecule has 4 heteroatoms. The fourth-order valence-electron chi connectivity index (χ4n) is 1.93. The number of halogens is 1. The third kappa shape index (κ3) is 2.54. The number of aromatic nitrogens is 2. The summed E-state index contributed by atoms with van der Waals surface area (Å²) in [5.74, 6) is 0.295. The van der Waals surface area contributed by atoms with Crippen molar-refractivity contribution in [2.45, 2.75) is 6.92 Å². The maximum Gasteiger partial charge on any atom is 0.165 e. The van der Waals surface area contributed by atoms with E-state index in [4.69, 9.17) is 4.74 Å². The Kier molecular flexibility index (Phi) is 3.21. The molecule has 0 unspecified atom stereocenters. The zero-order valence-corrected chi connectivity index (χ0v) is 11.0. The molecule has 0 aliphatic rings. The minimum Gasteiger partial charge on any atom is -0.451 e. The SMILES string of the molecule is Cc1cccc(-n2cc(Oc3ccccc3F)cn2)c1. The average Bonchev–Trinajstić information content (AvgIpc) is 2.90. The Morgan fingerprint density at radius 2 is 1.95 bits per heavy atom. The molecule has 3 rings (SSSR count). The zero-order valence-electron chi connectivity index (χ0n) is 11.0. The topological polar surface area (TPSA) is 27.1 Å². The molecule has 0 bridgehead atoms. The fraction of sp³-hybridized carbons (Fsp3) is 0.0625. The van der Waals surface area contributed by atoms with Gasteiger partial charge in [0.25, 0.3) is 0 Å². The minimum absolute atomic E-state index is 0.191. The van der Waals surface area contributed by atoms with Gasteiger partial charge in [-0.3, -0.25) is 0 Å². The molecule has 0 aliphatic heterocycles. The molecule has 0 fully saturated rings. The highest BCUT2D eigenvalue weighted by Crippen LogP contribution is 2.24. The van der Waals surface area contributed by atoms with Crippen molar-refractivity contribution in [3.05, 3.63) is 72.3 Å². The van der Waals surface area contributed by atoms with Crippen LogP contribution >= 0.6 is 0 Å². The predicted octanol–water partition coefficient (Wildman–Crippen LogP) is 4.11. The molecule has 1 heterocycles. The highest BCUT2D eigenvalue weighted by molar-refractivity contribution is 5.37. The van der Waals surface area contributed by atoms with Gasteiger partial charge in [-0.1, -0.05) is 24.3 Å². The molecule has 3 aromatic rings. The van der Waals surface area contributed by atoms with Gasteiger partial charge in [-0.15, -0.1) is 0 Å². The lowest BCUT2D eigenvalue weighted by Gasteiger charge is -2.03. The van der Waals surface area contributed by atoms with Gasteiger partial charge < -0.3 is 4.74 Å². The van der Waals surface area contributed by atoms with E-state index in [1.807, 2.05) is 31.2 Å². The van der Waals surface area contributed by atoms with Crippen LogP contribution in [0.3, 0.4) is 0 Å². The molecule has 2 aromatic carbocycles. The van der Waals surface area contributed by atoms with E-state index in [1.54, 1.807) is 35.3 Å². The summed E-state index contributed by atoms with van der Waals surface area (Å²) in [7, 11) is 0. The lowest BCUT2D eigenvalue weighted by atomic mass is 10.2. The third-order valence-corrected chi connectivity index (χ3v) is 2.89. The number of nitrogens with zero attached hydrogens (tertiary/aromatic N) is 2. The van der Waals surface area contributed by atoms with E-state index in [2.05, 4.69) is 5.10 Å². The summed E-state index contributed by atoms with van der Waals surface area (Å²) in [5.41, 5.74) is 2.09. The van der Waals surface area contributed by atoms with E-state index in [0.717, 1.165) is 11.3 Å². The summed E-state index contributed by atoms with van der Waals surface area (Å²) in [6.07, 6.45) is 3.29. The largest absolute Gasteiger partial charge is 0.451 e. The molecule has 0 saturated carbocycles. The second-order valence-electron chi connectivity index (χ2n) is 4.49. The number of rotatable bonds is 3. The highest BCUT2D eigenvalue weighted by Gasteiger charge is 2.06. The summed E-state index contributed by atoms with van der Waals surface area (Å²) in [6, 6.07) is 14.2. The summed E-state index contributed by atoms with van der Waals surface area (Å²) in [4.78, 5) is 0. The molecule has 1 aromatic heterocycles. The molecule has 0 N–H and O–H groups in total. The Bertz CT molecular complexity index is 737. The fourth-order valence-corrected chi connectivity index (χ4v) is 1.93. The maximum atomic E-state index is 13.5. The highest BCUT2D eigenvalue weighted by atomic mass is 19.1. The van der Waals surface area contributed by atoms with Crippen molar-refractivity contribution in [1.82, 2.24) is 9.78 Å². The Hall–Kier alpha value is -2.62. The summed E-state index contributed by atoms with van der Waals surface area (Å²) >= 11 is 0. The summed E-state index contributed by atoms with van der Waals surface area (Å²) < 4.78 is 20.7. The van der Waals surface area contributed by atoms with Gasteiger partial charge in [0, 0.05) is 0 Å². The van der Waals surface area contributed by atoms with Crippen LogP contribution in [0.2, 0.25) is 0 Å². The first-order chi connectivity index (χ1) is 9.72. The Balaban J connectivity index is 1.86. The Morgan fingerprint density at radius 3 is 2.75 bits per heavy atom. The van der Waals surface area contributed by atoms with Gasteiger partial charge in [0.05, 0.1) is 18.1 Å². The van der Waals surface area contributed by atoms with Gasteiger partial charge in [0.15, 0.2) is 17.3 Å². The molecule has 0 amide bonds. The normalized spacial score (nSPS) is 10.5. The molecular weight excluding hydrogens is 255 g/mol. The number of hydrogen-bond acceptors (Lipinski definition) is 2. The van der Waals surface area contributed by atoms with Crippen molar-refractivity contribution in [2.75, 3.05) is 0 Å². The first-order valence-corrected chi connectivity index (χ1v) is 6.26. The molecule has 20 heavy (non-hydrogen) atoms. The van der Waals surface area contributed by atoms with E-state index >= 15 is 0 Å². The van der Waals surface area contributed by atoms with E-state index in [-0.39, 0.29) is 5.75 Å². The molecule has 0 saturated heterocycles. The lowest BCUT2D eigenvalue weighted by molar-refractivity contribution is 0.442. The predicted molar refractivity (Wildman–Crippen MR) is 74.8 cm³/mol. The van der Waals surface area contributed by atoms with Crippen molar-refractivity contribution in [2.24, 2.45) is 0 Å². The molecule has 100 valence electrons. The third-order valence-electron chi connectivity index (χ3n) is 2.89. The van der Waals surface area contributed by atoms with Crippen LogP contribution in [0.1, 0.15) is 5.56 Å². The number of para-hydroxylation sites is 1. The van der Waals surface area contributed by atoms with Crippen LogP contribution in [0.25, 0.3) is 5.69 Å².